The number of anilines is 1. The lowest BCUT2D eigenvalue weighted by molar-refractivity contribution is -0.115. The molecule has 0 spiro atoms. The maximum Gasteiger partial charge on any atom is 0.231 e. The summed E-state index contributed by atoms with van der Waals surface area (Å²) in [6.07, 6.45) is 2.97. The van der Waals surface area contributed by atoms with Crippen molar-refractivity contribution < 1.29 is 4.79 Å². The van der Waals surface area contributed by atoms with Gasteiger partial charge in [0.05, 0.1) is 29.7 Å². The average Bonchev–Trinajstić information content (AvgIpc) is 3.45. The van der Waals surface area contributed by atoms with Gasteiger partial charge in [0, 0.05) is 11.4 Å². The van der Waals surface area contributed by atoms with Crippen molar-refractivity contribution in [3.63, 3.8) is 0 Å². The van der Waals surface area contributed by atoms with Crippen LogP contribution in [-0.4, -0.2) is 20.7 Å². The number of nitrogens with one attached hydrogen (secondary N) is 1. The molecule has 0 atom stereocenters. The highest BCUT2D eigenvalue weighted by Crippen LogP contribution is 2.28. The van der Waals surface area contributed by atoms with Crippen LogP contribution in [0.5, 0.6) is 0 Å². The van der Waals surface area contributed by atoms with E-state index in [4.69, 9.17) is 0 Å². The highest BCUT2D eigenvalue weighted by atomic mass is 32.1. The summed E-state index contributed by atoms with van der Waals surface area (Å²) < 4.78 is 1.80. The standard InChI is InChI=1S/C21H20N4OS2/c1-2-15-5-7-16(8-6-15)13-25-19(9-10-22-25)24-20(26)12-17-14-28-21(23-17)18-4-3-11-27-18/h3-11,14H,2,12-13H2,1H3,(H,24,26). The molecule has 1 aromatic carbocycles. The van der Waals surface area contributed by atoms with Crippen LogP contribution in [0.2, 0.25) is 0 Å². The van der Waals surface area contributed by atoms with Crippen molar-refractivity contribution in [1.82, 2.24) is 14.8 Å². The summed E-state index contributed by atoms with van der Waals surface area (Å²) in [7, 11) is 0. The summed E-state index contributed by atoms with van der Waals surface area (Å²) in [6, 6.07) is 14.3. The zero-order chi connectivity index (χ0) is 19.3. The van der Waals surface area contributed by atoms with Crippen LogP contribution in [0.4, 0.5) is 5.82 Å². The minimum absolute atomic E-state index is 0.0916. The third-order valence-electron chi connectivity index (χ3n) is 4.37. The van der Waals surface area contributed by atoms with E-state index in [1.54, 1.807) is 33.6 Å². The van der Waals surface area contributed by atoms with E-state index < -0.39 is 0 Å². The SMILES string of the molecule is CCc1ccc(Cn2nccc2NC(=O)Cc2csc(-c3cccs3)n2)cc1. The van der Waals surface area contributed by atoms with E-state index in [9.17, 15) is 4.79 Å². The van der Waals surface area contributed by atoms with Gasteiger partial charge in [-0.15, -0.1) is 22.7 Å². The maximum absolute atomic E-state index is 12.5. The molecule has 5 nitrogen and oxygen atoms in total. The zero-order valence-corrected chi connectivity index (χ0v) is 17.1. The fourth-order valence-corrected chi connectivity index (χ4v) is 4.51. The number of thiophene rings is 1. The number of rotatable bonds is 7. The molecule has 0 fully saturated rings. The van der Waals surface area contributed by atoms with Gasteiger partial charge in [-0.05, 0) is 29.0 Å². The number of aryl methyl sites for hydroxylation is 1. The second-order valence-electron chi connectivity index (χ2n) is 6.39. The van der Waals surface area contributed by atoms with Crippen LogP contribution < -0.4 is 5.32 Å². The number of aromatic nitrogens is 3. The second-order valence-corrected chi connectivity index (χ2v) is 8.20. The maximum atomic E-state index is 12.5. The Morgan fingerprint density at radius 1 is 1.11 bits per heavy atom. The molecule has 28 heavy (non-hydrogen) atoms. The van der Waals surface area contributed by atoms with Gasteiger partial charge in [-0.25, -0.2) is 9.67 Å². The quantitative estimate of drug-likeness (QED) is 0.475. The van der Waals surface area contributed by atoms with Gasteiger partial charge in [0.2, 0.25) is 5.91 Å². The molecule has 0 radical (unpaired) electrons. The number of thiazole rings is 1. The van der Waals surface area contributed by atoms with E-state index in [-0.39, 0.29) is 12.3 Å². The van der Waals surface area contributed by atoms with Crippen molar-refractivity contribution in [2.75, 3.05) is 5.32 Å². The summed E-state index contributed by atoms with van der Waals surface area (Å²) >= 11 is 3.22. The molecule has 142 valence electrons. The van der Waals surface area contributed by atoms with Crippen LogP contribution in [-0.2, 0) is 24.2 Å². The van der Waals surface area contributed by atoms with Gasteiger partial charge >= 0.3 is 0 Å². The molecule has 0 aliphatic rings. The molecule has 0 saturated carbocycles. The largest absolute Gasteiger partial charge is 0.311 e. The Balaban J connectivity index is 1.39. The van der Waals surface area contributed by atoms with Gasteiger partial charge in [0.1, 0.15) is 10.8 Å². The second kappa shape index (κ2) is 8.50. The summed E-state index contributed by atoms with van der Waals surface area (Å²) in [5.41, 5.74) is 3.24. The molecular formula is C21H20N4OS2. The number of benzene rings is 1. The Kier molecular flexibility index (Phi) is 5.64. The predicted molar refractivity (Wildman–Crippen MR) is 115 cm³/mol. The Hall–Kier alpha value is -2.77. The molecule has 0 unspecified atom stereocenters. The first kappa shape index (κ1) is 18.6. The first-order valence-electron chi connectivity index (χ1n) is 9.09. The van der Waals surface area contributed by atoms with Crippen LogP contribution in [0.3, 0.4) is 0 Å². The molecule has 3 heterocycles. The number of nitrogens with zero attached hydrogens (tertiary/aromatic N) is 3. The van der Waals surface area contributed by atoms with Gasteiger partial charge in [0.25, 0.3) is 0 Å². The monoisotopic (exact) mass is 408 g/mol. The molecule has 1 amide bonds. The van der Waals surface area contributed by atoms with Gasteiger partial charge in [-0.2, -0.15) is 5.10 Å². The minimum atomic E-state index is -0.0916. The number of carbonyl (C=O) groups is 1. The Morgan fingerprint density at radius 2 is 1.93 bits per heavy atom. The lowest BCUT2D eigenvalue weighted by Crippen LogP contribution is -2.18. The first-order chi connectivity index (χ1) is 13.7. The van der Waals surface area contributed by atoms with E-state index in [0.717, 1.165) is 27.6 Å². The first-order valence-corrected chi connectivity index (χ1v) is 10.8. The van der Waals surface area contributed by atoms with E-state index >= 15 is 0 Å². The Labute approximate surface area is 171 Å². The van der Waals surface area contributed by atoms with Gasteiger partial charge in [0.15, 0.2) is 0 Å². The van der Waals surface area contributed by atoms with Crippen molar-refractivity contribution >= 4 is 34.4 Å². The van der Waals surface area contributed by atoms with Crippen LogP contribution in [0.1, 0.15) is 23.7 Å². The van der Waals surface area contributed by atoms with E-state index in [2.05, 4.69) is 46.6 Å². The summed E-state index contributed by atoms with van der Waals surface area (Å²) in [5, 5.41) is 12.2. The smallest absolute Gasteiger partial charge is 0.231 e. The number of amides is 1. The molecule has 1 N–H and O–H groups in total. The van der Waals surface area contributed by atoms with Gasteiger partial charge < -0.3 is 5.32 Å². The third kappa shape index (κ3) is 4.37. The molecule has 0 saturated heterocycles. The van der Waals surface area contributed by atoms with Gasteiger partial charge in [-0.3, -0.25) is 4.79 Å². The van der Waals surface area contributed by atoms with Crippen LogP contribution >= 0.6 is 22.7 Å². The topological polar surface area (TPSA) is 59.8 Å². The summed E-state index contributed by atoms with van der Waals surface area (Å²) in [4.78, 5) is 18.2. The van der Waals surface area contributed by atoms with Crippen molar-refractivity contribution in [3.05, 3.63) is 76.2 Å². The Morgan fingerprint density at radius 3 is 2.68 bits per heavy atom. The molecule has 7 heteroatoms. The van der Waals surface area contributed by atoms with Crippen LogP contribution in [0.25, 0.3) is 9.88 Å². The van der Waals surface area contributed by atoms with Crippen molar-refractivity contribution in [3.8, 4) is 9.88 Å². The minimum Gasteiger partial charge on any atom is -0.311 e. The number of hydrogen-bond donors (Lipinski definition) is 1. The molecule has 4 rings (SSSR count). The number of carbonyl (C=O) groups excluding carboxylic acids is 1. The van der Waals surface area contributed by atoms with Crippen molar-refractivity contribution in [1.29, 1.82) is 0 Å². The highest BCUT2D eigenvalue weighted by Gasteiger charge is 2.12. The van der Waals surface area contributed by atoms with E-state index in [0.29, 0.717) is 12.4 Å². The lowest BCUT2D eigenvalue weighted by atomic mass is 10.1. The van der Waals surface area contributed by atoms with Crippen LogP contribution in [0, 0.1) is 0 Å². The van der Waals surface area contributed by atoms with Gasteiger partial charge in [-0.1, -0.05) is 37.3 Å². The summed E-state index contributed by atoms with van der Waals surface area (Å²) in [6.45, 7) is 2.76. The molecule has 4 aromatic rings. The molecule has 0 aliphatic heterocycles. The predicted octanol–water partition coefficient (Wildman–Crippen LogP) is 4.86. The normalized spacial score (nSPS) is 10.9. The van der Waals surface area contributed by atoms with Crippen molar-refractivity contribution in [2.45, 2.75) is 26.3 Å². The zero-order valence-electron chi connectivity index (χ0n) is 15.5. The highest BCUT2D eigenvalue weighted by molar-refractivity contribution is 7.20. The molecule has 3 aromatic heterocycles. The fraction of sp³-hybridized carbons (Fsp3) is 0.190. The van der Waals surface area contributed by atoms with E-state index in [1.165, 1.54) is 5.56 Å². The fourth-order valence-electron chi connectivity index (χ4n) is 2.87. The molecule has 0 aliphatic carbocycles. The Bertz CT molecular complexity index is 1050. The van der Waals surface area contributed by atoms with Crippen molar-refractivity contribution in [2.24, 2.45) is 0 Å². The molecular weight excluding hydrogens is 388 g/mol. The average molecular weight is 409 g/mol. The lowest BCUT2D eigenvalue weighted by Gasteiger charge is -2.09. The summed E-state index contributed by atoms with van der Waals surface area (Å²) in [5.74, 6) is 0.601. The molecule has 0 bridgehead atoms. The third-order valence-corrected chi connectivity index (χ3v) is 6.30. The van der Waals surface area contributed by atoms with Crippen LogP contribution in [0.15, 0.2) is 59.4 Å². The van der Waals surface area contributed by atoms with E-state index in [1.807, 2.05) is 29.0 Å². The number of hydrogen-bond acceptors (Lipinski definition) is 5.